The van der Waals surface area contributed by atoms with Crippen LogP contribution in [0.4, 0.5) is 13.2 Å². The molecule has 2 atom stereocenters. The molecule has 0 spiro atoms. The zero-order valence-electron chi connectivity index (χ0n) is 79.7. The highest BCUT2D eigenvalue weighted by atomic mass is 32.2. The Hall–Kier alpha value is -11.0. The second kappa shape index (κ2) is 41.0. The van der Waals surface area contributed by atoms with Crippen molar-refractivity contribution in [1.29, 1.82) is 0 Å². The number of ether oxygens (including phenoxy) is 6. The molecule has 0 radical (unpaired) electrons. The number of halogens is 3. The van der Waals surface area contributed by atoms with Gasteiger partial charge in [0.05, 0.1) is 67.3 Å². The first-order chi connectivity index (χ1) is 65.3. The summed E-state index contributed by atoms with van der Waals surface area (Å²) in [6.07, 6.45) is 11.2. The highest BCUT2D eigenvalue weighted by Crippen LogP contribution is 2.67. The second-order valence-corrected chi connectivity index (χ2v) is 48.0. The molecule has 11 nitrogen and oxygen atoms in total. The molecule has 0 amide bonds. The van der Waals surface area contributed by atoms with Gasteiger partial charge in [-0.15, -0.1) is 0 Å². The Morgan fingerprint density at radius 3 is 0.875 bits per heavy atom. The van der Waals surface area contributed by atoms with Gasteiger partial charge in [0, 0.05) is 53.9 Å². The fourth-order valence-corrected chi connectivity index (χ4v) is 32.8. The average molecular weight is 1900 g/mol. The molecule has 9 aliphatic carbocycles. The van der Waals surface area contributed by atoms with Crippen molar-refractivity contribution in [2.24, 2.45) is 57.2 Å². The molecule has 0 aromatic heterocycles. The van der Waals surface area contributed by atoms with Gasteiger partial charge in [0.2, 0.25) is 5.60 Å². The molecule has 136 heavy (non-hydrogen) atoms. The Morgan fingerprint density at radius 1 is 0.346 bits per heavy atom. The molecular formula is C118H123F3O11S4+4. The molecular weight excluding hydrogens is 1780 g/mol. The van der Waals surface area contributed by atoms with Crippen molar-refractivity contribution in [3.63, 3.8) is 0 Å². The lowest BCUT2D eigenvalue weighted by Gasteiger charge is -2.56. The fourth-order valence-electron chi connectivity index (χ4n) is 23.8. The molecule has 1 heterocycles. The molecule has 10 fully saturated rings. The monoisotopic (exact) mass is 1900 g/mol. The van der Waals surface area contributed by atoms with E-state index in [1.165, 1.54) is 107 Å². The van der Waals surface area contributed by atoms with Gasteiger partial charge in [-0.1, -0.05) is 159 Å². The standard InChI is InChI=1S/C32H35O2S.C31H33O2S.C30H31O4S.C25H24F3O3S/c1-22-13-29(35(27-9-5-3-6-10-27)28-11-7-4-8-12-28)14-23(2)31(22)34-30(33)21-32-18-24-15-25(19-32)17-26(16-24)20-32;1-21-13-28(34(26-9-5-3-6-10-26)27-11-7-4-8-12-27)14-22(2)29(21)33-30(32)31-18-23-15-24(19-31)17-25(16-23)20-31;1-20-18-24(35(22-12-8-6-9-13-22)23-14-10-7-11-15-23)19-21(2)25(20)33-27(32)30-17-16-29(5,26(31)34-30)28(30,3)4;1-18-15-22(32(20-9-5-3-6-10-20)21-11-7-4-8-12-21)16-19(2)24(18)31-17-23(29)30-14-13-25(26,27)28/h3-14,24-26H,15-21H2,1-2H3;3-14,23-25H,15-20H2,1-2H3;6-15,18-19H,16-17H2,1-5H3;3-12,15-16H,13-14,17H2,1-2H3/q4*+1. The first kappa shape index (κ1) is 96.7. The summed E-state index contributed by atoms with van der Waals surface area (Å²) in [5.74, 6) is 5.79. The number of alkyl halides is 3. The second-order valence-electron chi connectivity index (χ2n) is 39.9. The van der Waals surface area contributed by atoms with Gasteiger partial charge in [-0.25, -0.2) is 9.59 Å². The molecule has 10 bridgehead atoms. The van der Waals surface area contributed by atoms with Crippen LogP contribution in [-0.4, -0.2) is 54.8 Å². The third-order valence-corrected chi connectivity index (χ3v) is 38.4. The number of hydrogen-bond acceptors (Lipinski definition) is 11. The van der Waals surface area contributed by atoms with Gasteiger partial charge in [-0.2, -0.15) is 13.2 Å². The third-order valence-electron chi connectivity index (χ3n) is 29.7. The normalized spacial score (nSPS) is 22.7. The number of carbonyl (C=O) groups is 5. The van der Waals surface area contributed by atoms with Crippen LogP contribution in [0.1, 0.15) is 168 Å². The average Bonchev–Trinajstić information content (AvgIpc) is 1.52. The summed E-state index contributed by atoms with van der Waals surface area (Å²) >= 11 is 0. The third kappa shape index (κ3) is 20.9. The van der Waals surface area contributed by atoms with E-state index in [-0.39, 0.29) is 72.3 Å². The molecule has 22 rings (SSSR count). The Bertz CT molecular complexity index is 5960. The van der Waals surface area contributed by atoms with Crippen LogP contribution in [-0.2, 0) is 77.0 Å². The van der Waals surface area contributed by atoms with E-state index in [0.717, 1.165) is 121 Å². The number of esters is 5. The lowest BCUT2D eigenvalue weighted by atomic mass is 9.49. The molecule has 1 aliphatic heterocycles. The van der Waals surface area contributed by atoms with Gasteiger partial charge < -0.3 is 28.4 Å². The smallest absolute Gasteiger partial charge is 0.392 e. The van der Waals surface area contributed by atoms with Crippen LogP contribution in [0.15, 0.2) is 350 Å². The van der Waals surface area contributed by atoms with E-state index in [1.807, 2.05) is 109 Å². The van der Waals surface area contributed by atoms with Crippen molar-refractivity contribution < 1.29 is 65.6 Å². The van der Waals surface area contributed by atoms with Gasteiger partial charge in [0.25, 0.3) is 0 Å². The summed E-state index contributed by atoms with van der Waals surface area (Å²) in [7, 11) is -1.03. The van der Waals surface area contributed by atoms with E-state index < -0.39 is 54.2 Å². The number of hydrogen-bond donors (Lipinski definition) is 0. The minimum absolute atomic E-state index is 0.0315. The minimum atomic E-state index is -4.36. The zero-order valence-corrected chi connectivity index (χ0v) is 82.9. The highest BCUT2D eigenvalue weighted by Gasteiger charge is 2.77. The topological polar surface area (TPSA) is 141 Å². The summed E-state index contributed by atoms with van der Waals surface area (Å²) in [6.45, 7) is 20.7. The van der Waals surface area contributed by atoms with E-state index in [9.17, 15) is 37.1 Å². The van der Waals surface area contributed by atoms with Crippen molar-refractivity contribution in [1.82, 2.24) is 0 Å². The van der Waals surface area contributed by atoms with Crippen molar-refractivity contribution >= 4 is 73.4 Å². The van der Waals surface area contributed by atoms with Crippen molar-refractivity contribution in [3.05, 3.63) is 336 Å². The van der Waals surface area contributed by atoms with Gasteiger partial charge in [-0.05, 0) is 335 Å². The summed E-state index contributed by atoms with van der Waals surface area (Å²) in [5, 5.41) is 0. The minimum Gasteiger partial charge on any atom is -0.481 e. The van der Waals surface area contributed by atoms with Crippen LogP contribution in [0.3, 0.4) is 0 Å². The van der Waals surface area contributed by atoms with Crippen molar-refractivity contribution in [2.45, 2.75) is 249 Å². The largest absolute Gasteiger partial charge is 0.481 e. The van der Waals surface area contributed by atoms with Crippen LogP contribution in [0.5, 0.6) is 23.0 Å². The Morgan fingerprint density at radius 2 is 0.610 bits per heavy atom. The van der Waals surface area contributed by atoms with E-state index in [2.05, 4.69) is 263 Å². The molecule has 10 aliphatic rings. The number of benzene rings is 12. The van der Waals surface area contributed by atoms with Crippen LogP contribution < -0.4 is 18.9 Å². The van der Waals surface area contributed by atoms with Gasteiger partial charge in [-0.3, -0.25) is 14.4 Å². The highest BCUT2D eigenvalue weighted by molar-refractivity contribution is 7.98. The summed E-state index contributed by atoms with van der Waals surface area (Å²) < 4.78 is 71.0. The predicted molar refractivity (Wildman–Crippen MR) is 534 cm³/mol. The number of fused-ring (bicyclic) bond motifs is 2. The Labute approximate surface area is 811 Å². The molecule has 702 valence electrons. The van der Waals surface area contributed by atoms with Gasteiger partial charge >= 0.3 is 36.0 Å². The predicted octanol–water partition coefficient (Wildman–Crippen LogP) is 28.1. The lowest BCUT2D eigenvalue weighted by molar-refractivity contribution is -0.176. The maximum atomic E-state index is 13.6. The summed E-state index contributed by atoms with van der Waals surface area (Å²) in [6, 6.07) is 101. The Balaban J connectivity index is 0.000000126. The van der Waals surface area contributed by atoms with Gasteiger partial charge in [0.1, 0.15) is 29.6 Å². The zero-order chi connectivity index (χ0) is 95.4. The number of rotatable bonds is 24. The van der Waals surface area contributed by atoms with Crippen LogP contribution >= 0.6 is 0 Å². The molecule has 12 aromatic carbocycles. The Kier molecular flexibility index (Phi) is 29.1. The molecule has 9 saturated carbocycles. The fraction of sp³-hybridized carbons (Fsp3) is 0.347. The van der Waals surface area contributed by atoms with Crippen LogP contribution in [0, 0.1) is 113 Å². The first-order valence-electron chi connectivity index (χ1n) is 47.9. The molecule has 2 unspecified atom stereocenters. The lowest BCUT2D eigenvalue weighted by Crippen LogP contribution is -2.51. The maximum Gasteiger partial charge on any atom is 0.392 e. The molecule has 0 N–H and O–H groups in total. The molecule has 1 saturated heterocycles. The summed E-state index contributed by atoms with van der Waals surface area (Å²) in [4.78, 5) is 79.6. The van der Waals surface area contributed by atoms with Crippen molar-refractivity contribution in [2.75, 3.05) is 13.2 Å². The summed E-state index contributed by atoms with van der Waals surface area (Å²) in [5.41, 5.74) is 5.08. The van der Waals surface area contributed by atoms with Crippen LogP contribution in [0.2, 0.25) is 0 Å². The SMILES string of the molecule is Cc1cc([S+](c2ccccc2)c2ccccc2)cc(C)c1OC(=O)C12CC3CC(CC(C3)C1)C2.Cc1cc([S+](c2ccccc2)c2ccccc2)cc(C)c1OC(=O)C12CCC(C)(C(=O)O1)C2(C)C.Cc1cc([S+](c2ccccc2)c2ccccc2)cc(C)c1OC(=O)CC12CC3CC(CC(C3)C1)C2.Cc1cc([S+](c2ccccc2)c2ccccc2)cc(C)c1OCC(=O)OCCC(F)(F)F. The number of aryl methyl sites for hydroxylation is 8. The van der Waals surface area contributed by atoms with Crippen molar-refractivity contribution in [3.8, 4) is 23.0 Å². The molecule has 18 heteroatoms. The van der Waals surface area contributed by atoms with Gasteiger partial charge in [0.15, 0.2) is 65.4 Å². The van der Waals surface area contributed by atoms with E-state index in [4.69, 9.17) is 23.7 Å². The van der Waals surface area contributed by atoms with E-state index in [1.54, 1.807) is 0 Å². The quantitative estimate of drug-likeness (QED) is 0.0324. The molecule has 12 aromatic rings. The van der Waals surface area contributed by atoms with Crippen LogP contribution in [0.25, 0.3) is 0 Å². The number of carbonyl (C=O) groups excluding carboxylic acids is 5. The van der Waals surface area contributed by atoms with E-state index >= 15 is 0 Å². The van der Waals surface area contributed by atoms with E-state index in [0.29, 0.717) is 30.8 Å². The maximum absolute atomic E-state index is 13.6. The first-order valence-corrected chi connectivity index (χ1v) is 52.8.